The van der Waals surface area contributed by atoms with Gasteiger partial charge in [0.1, 0.15) is 5.69 Å². The Bertz CT molecular complexity index is 902. The fraction of sp³-hybridized carbons (Fsp3) is 0.435. The zero-order chi connectivity index (χ0) is 22.3. The number of ether oxygens (including phenoxy) is 2. The molecular formula is C23H30N2O5. The Morgan fingerprint density at radius 3 is 2.37 bits per heavy atom. The predicted octanol–water partition coefficient (Wildman–Crippen LogP) is 3.18. The summed E-state index contributed by atoms with van der Waals surface area (Å²) in [5.41, 5.74) is 2.58. The molecule has 1 amide bonds. The molecule has 0 spiro atoms. The molecule has 0 fully saturated rings. The summed E-state index contributed by atoms with van der Waals surface area (Å²) in [6.07, 6.45) is 0.614. The van der Waals surface area contributed by atoms with Crippen LogP contribution in [0.3, 0.4) is 0 Å². The van der Waals surface area contributed by atoms with Gasteiger partial charge >= 0.3 is 5.97 Å². The van der Waals surface area contributed by atoms with E-state index in [4.69, 9.17) is 9.47 Å². The lowest BCUT2D eigenvalue weighted by Gasteiger charge is -2.22. The van der Waals surface area contributed by atoms with E-state index in [-0.39, 0.29) is 24.8 Å². The second kappa shape index (κ2) is 10.7. The number of rotatable bonds is 10. The first-order chi connectivity index (χ1) is 14.3. The van der Waals surface area contributed by atoms with Gasteiger partial charge in [-0.2, -0.15) is 0 Å². The van der Waals surface area contributed by atoms with Gasteiger partial charge in [-0.1, -0.05) is 18.2 Å². The number of ketones is 1. The van der Waals surface area contributed by atoms with E-state index >= 15 is 0 Å². The highest BCUT2D eigenvalue weighted by Crippen LogP contribution is 2.23. The minimum Gasteiger partial charge on any atom is -0.461 e. The van der Waals surface area contributed by atoms with Crippen LogP contribution in [-0.2, 0) is 16.5 Å². The number of carbonyl (C=O) groups is 3. The quantitative estimate of drug-likeness (QED) is 0.339. The van der Waals surface area contributed by atoms with E-state index in [0.717, 1.165) is 0 Å². The van der Waals surface area contributed by atoms with E-state index in [9.17, 15) is 14.4 Å². The number of hydrogen-bond acceptors (Lipinski definition) is 5. The number of benzene rings is 1. The third kappa shape index (κ3) is 5.16. The van der Waals surface area contributed by atoms with Crippen LogP contribution in [0, 0.1) is 13.8 Å². The van der Waals surface area contributed by atoms with Crippen molar-refractivity contribution in [2.24, 2.45) is 7.05 Å². The number of methoxy groups -OCH3 is 1. The van der Waals surface area contributed by atoms with Gasteiger partial charge in [-0.15, -0.1) is 0 Å². The lowest BCUT2D eigenvalue weighted by molar-refractivity contribution is 0.0514. The number of amides is 1. The SMILES string of the molecule is CCOC(=O)c1c(C)c(C(=O)CN(CCCOC)C(=O)c2ccccc2)c(C)n1C. The summed E-state index contributed by atoms with van der Waals surface area (Å²) < 4.78 is 11.9. The van der Waals surface area contributed by atoms with Crippen molar-refractivity contribution in [1.82, 2.24) is 9.47 Å². The normalized spacial score (nSPS) is 10.7. The second-order valence-electron chi connectivity index (χ2n) is 7.08. The molecule has 2 aromatic rings. The molecule has 1 heterocycles. The van der Waals surface area contributed by atoms with Crippen molar-refractivity contribution < 1.29 is 23.9 Å². The molecule has 0 aliphatic carbocycles. The fourth-order valence-electron chi connectivity index (χ4n) is 3.54. The maximum absolute atomic E-state index is 13.2. The van der Waals surface area contributed by atoms with E-state index in [2.05, 4.69) is 0 Å². The Hall–Kier alpha value is -2.93. The summed E-state index contributed by atoms with van der Waals surface area (Å²) in [5, 5.41) is 0. The van der Waals surface area contributed by atoms with Crippen LogP contribution in [0.5, 0.6) is 0 Å². The topological polar surface area (TPSA) is 77.8 Å². The maximum atomic E-state index is 13.2. The first-order valence-corrected chi connectivity index (χ1v) is 10.0. The first-order valence-electron chi connectivity index (χ1n) is 10.0. The lowest BCUT2D eigenvalue weighted by atomic mass is 10.0. The van der Waals surface area contributed by atoms with Gasteiger partial charge in [0.05, 0.1) is 13.2 Å². The van der Waals surface area contributed by atoms with Crippen LogP contribution < -0.4 is 0 Å². The van der Waals surface area contributed by atoms with E-state index in [0.29, 0.717) is 47.7 Å². The van der Waals surface area contributed by atoms with E-state index < -0.39 is 5.97 Å². The predicted molar refractivity (Wildman–Crippen MR) is 114 cm³/mol. The number of esters is 1. The fourth-order valence-corrected chi connectivity index (χ4v) is 3.54. The van der Waals surface area contributed by atoms with Crippen molar-refractivity contribution in [2.45, 2.75) is 27.2 Å². The Kier molecular flexibility index (Phi) is 8.35. The van der Waals surface area contributed by atoms with Crippen molar-refractivity contribution in [3.63, 3.8) is 0 Å². The number of nitrogens with zero attached hydrogens (tertiary/aromatic N) is 2. The van der Waals surface area contributed by atoms with Gasteiger partial charge in [-0.25, -0.2) is 4.79 Å². The van der Waals surface area contributed by atoms with E-state index in [1.807, 2.05) is 6.07 Å². The summed E-state index contributed by atoms with van der Waals surface area (Å²) in [5.74, 6) is -0.883. The molecule has 0 saturated carbocycles. The van der Waals surface area contributed by atoms with Crippen molar-refractivity contribution in [3.05, 3.63) is 58.4 Å². The summed E-state index contributed by atoms with van der Waals surface area (Å²) in [6.45, 7) is 6.32. The van der Waals surface area contributed by atoms with E-state index in [1.165, 1.54) is 4.90 Å². The minimum absolute atomic E-state index is 0.0780. The molecule has 0 radical (unpaired) electrons. The largest absolute Gasteiger partial charge is 0.461 e. The van der Waals surface area contributed by atoms with Crippen LogP contribution >= 0.6 is 0 Å². The molecule has 7 heteroatoms. The average molecular weight is 415 g/mol. The second-order valence-corrected chi connectivity index (χ2v) is 7.08. The van der Waals surface area contributed by atoms with Crippen LogP contribution in [0.4, 0.5) is 0 Å². The number of Topliss-reactive ketones (excluding diaryl/α,β-unsaturated/α-hetero) is 1. The Morgan fingerprint density at radius 1 is 1.10 bits per heavy atom. The van der Waals surface area contributed by atoms with E-state index in [1.54, 1.807) is 63.8 Å². The van der Waals surface area contributed by atoms with Crippen LogP contribution in [-0.4, -0.2) is 60.5 Å². The third-order valence-electron chi connectivity index (χ3n) is 5.10. The standard InChI is InChI=1S/C23H30N2O5/c1-6-30-23(28)21-16(2)20(17(3)24(21)4)19(26)15-25(13-10-14-29-5)22(27)18-11-8-7-9-12-18/h7-9,11-12H,6,10,13-15H2,1-5H3. The third-order valence-corrected chi connectivity index (χ3v) is 5.10. The van der Waals surface area contributed by atoms with Crippen molar-refractivity contribution in [2.75, 3.05) is 33.4 Å². The summed E-state index contributed by atoms with van der Waals surface area (Å²) in [6, 6.07) is 8.88. The van der Waals surface area contributed by atoms with Gasteiger partial charge in [0.25, 0.3) is 5.91 Å². The van der Waals surface area contributed by atoms with Gasteiger partial charge in [0.2, 0.25) is 0 Å². The Morgan fingerprint density at radius 2 is 1.77 bits per heavy atom. The number of carbonyl (C=O) groups excluding carboxylic acids is 3. The zero-order valence-corrected chi connectivity index (χ0v) is 18.4. The molecule has 1 aromatic heterocycles. The molecule has 0 aliphatic rings. The maximum Gasteiger partial charge on any atom is 0.355 e. The molecule has 0 bridgehead atoms. The molecule has 30 heavy (non-hydrogen) atoms. The highest BCUT2D eigenvalue weighted by atomic mass is 16.5. The van der Waals surface area contributed by atoms with Crippen LogP contribution in [0.2, 0.25) is 0 Å². The summed E-state index contributed by atoms with van der Waals surface area (Å²) in [7, 11) is 3.33. The van der Waals surface area contributed by atoms with Crippen molar-refractivity contribution in [3.8, 4) is 0 Å². The molecule has 2 rings (SSSR count). The van der Waals surface area contributed by atoms with Crippen LogP contribution in [0.25, 0.3) is 0 Å². The average Bonchev–Trinajstić information content (AvgIpc) is 2.96. The highest BCUT2D eigenvalue weighted by Gasteiger charge is 2.27. The first kappa shape index (κ1) is 23.3. The Labute approximate surface area is 177 Å². The van der Waals surface area contributed by atoms with Crippen molar-refractivity contribution >= 4 is 17.7 Å². The van der Waals surface area contributed by atoms with Crippen LogP contribution in [0.1, 0.15) is 55.8 Å². The van der Waals surface area contributed by atoms with Gasteiger partial charge < -0.3 is 18.9 Å². The van der Waals surface area contributed by atoms with Crippen LogP contribution in [0.15, 0.2) is 30.3 Å². The van der Waals surface area contributed by atoms with Gasteiger partial charge in [-0.3, -0.25) is 9.59 Å². The highest BCUT2D eigenvalue weighted by molar-refractivity contribution is 6.06. The molecular weight excluding hydrogens is 384 g/mol. The molecule has 0 aliphatic heterocycles. The van der Waals surface area contributed by atoms with Crippen molar-refractivity contribution in [1.29, 1.82) is 0 Å². The molecule has 162 valence electrons. The Balaban J connectivity index is 2.32. The minimum atomic E-state index is -0.461. The van der Waals surface area contributed by atoms with Gasteiger partial charge in [0, 0.05) is 44.1 Å². The molecule has 0 N–H and O–H groups in total. The summed E-state index contributed by atoms with van der Waals surface area (Å²) in [4.78, 5) is 40.1. The van der Waals surface area contributed by atoms with Gasteiger partial charge in [0.15, 0.2) is 5.78 Å². The molecule has 0 saturated heterocycles. The monoisotopic (exact) mass is 414 g/mol. The number of hydrogen-bond donors (Lipinski definition) is 0. The molecule has 7 nitrogen and oxygen atoms in total. The lowest BCUT2D eigenvalue weighted by Crippen LogP contribution is -2.37. The smallest absolute Gasteiger partial charge is 0.355 e. The zero-order valence-electron chi connectivity index (χ0n) is 18.4. The number of aromatic nitrogens is 1. The molecule has 0 atom stereocenters. The summed E-state index contributed by atoms with van der Waals surface area (Å²) >= 11 is 0. The van der Waals surface area contributed by atoms with Gasteiger partial charge in [-0.05, 0) is 44.9 Å². The molecule has 0 unspecified atom stereocenters. The molecule has 1 aromatic carbocycles.